The molecule has 3 rings (SSSR count). The minimum atomic E-state index is -0.246. The van der Waals surface area contributed by atoms with E-state index < -0.39 is 0 Å². The van der Waals surface area contributed by atoms with Crippen LogP contribution in [0.2, 0.25) is 0 Å². The summed E-state index contributed by atoms with van der Waals surface area (Å²) in [5, 5.41) is 13.0. The molecule has 0 spiro atoms. The van der Waals surface area contributed by atoms with Crippen molar-refractivity contribution in [1.29, 1.82) is 0 Å². The monoisotopic (exact) mass is 378 g/mol. The number of aromatic hydroxyl groups is 1. The fourth-order valence-corrected chi connectivity index (χ4v) is 3.03. The Morgan fingerprint density at radius 2 is 2.18 bits per heavy atom. The van der Waals surface area contributed by atoms with Gasteiger partial charge < -0.3 is 14.8 Å². The molecular weight excluding hydrogens is 368 g/mol. The van der Waals surface area contributed by atoms with Crippen LogP contribution in [0.1, 0.15) is 11.3 Å². The highest BCUT2D eigenvalue weighted by molar-refractivity contribution is 9.10. The molecule has 1 saturated heterocycles. The molecular formula is C15H11BrN2O3S. The normalized spacial score (nSPS) is 18.2. The standard InChI is InChI=1S/C15H11BrN2O3S/c1-8-3-2-4-10(19)13(8)17-15-18-14(20)11(22-15)7-9-5-6-12(16)21-9/h2-7,19H,1H3,(H,17,18,20)/b11-7+. The van der Waals surface area contributed by atoms with Crippen LogP contribution in [-0.2, 0) is 4.79 Å². The first kappa shape index (κ1) is 14.9. The summed E-state index contributed by atoms with van der Waals surface area (Å²) in [6.07, 6.45) is 1.64. The van der Waals surface area contributed by atoms with Gasteiger partial charge in [0.15, 0.2) is 9.84 Å². The molecule has 0 bridgehead atoms. The van der Waals surface area contributed by atoms with Crippen LogP contribution in [-0.4, -0.2) is 16.2 Å². The molecule has 1 amide bonds. The molecule has 22 heavy (non-hydrogen) atoms. The summed E-state index contributed by atoms with van der Waals surface area (Å²) in [6.45, 7) is 1.84. The van der Waals surface area contributed by atoms with Gasteiger partial charge in [0.05, 0.1) is 4.91 Å². The summed E-state index contributed by atoms with van der Waals surface area (Å²) in [7, 11) is 0. The van der Waals surface area contributed by atoms with E-state index in [0.717, 1.165) is 5.56 Å². The Morgan fingerprint density at radius 3 is 2.86 bits per heavy atom. The number of amidine groups is 1. The Morgan fingerprint density at radius 1 is 1.36 bits per heavy atom. The molecule has 0 unspecified atom stereocenters. The summed E-state index contributed by atoms with van der Waals surface area (Å²) in [5.74, 6) is 0.406. The van der Waals surface area contributed by atoms with Crippen LogP contribution in [0.3, 0.4) is 0 Å². The Kier molecular flexibility index (Phi) is 4.08. The molecule has 1 fully saturated rings. The second-order valence-corrected chi connectivity index (χ2v) is 6.38. The maximum absolute atomic E-state index is 12.0. The highest BCUT2D eigenvalue weighted by Gasteiger charge is 2.24. The van der Waals surface area contributed by atoms with Crippen molar-refractivity contribution in [2.45, 2.75) is 6.92 Å². The van der Waals surface area contributed by atoms with E-state index >= 15 is 0 Å². The van der Waals surface area contributed by atoms with E-state index in [0.29, 0.717) is 26.2 Å². The molecule has 5 nitrogen and oxygen atoms in total. The van der Waals surface area contributed by atoms with Gasteiger partial charge in [0.25, 0.3) is 5.91 Å². The molecule has 0 atom stereocenters. The minimum absolute atomic E-state index is 0.0785. The van der Waals surface area contributed by atoms with E-state index in [1.54, 1.807) is 30.3 Å². The number of carbonyl (C=O) groups is 1. The Bertz CT molecular complexity index is 791. The number of rotatable bonds is 2. The number of phenolic OH excluding ortho intramolecular Hbond substituents is 1. The fraction of sp³-hybridized carbons (Fsp3) is 0.0667. The lowest BCUT2D eigenvalue weighted by molar-refractivity contribution is -0.115. The molecule has 1 aliphatic heterocycles. The second-order valence-electron chi connectivity index (χ2n) is 4.57. The first-order valence-electron chi connectivity index (χ1n) is 6.36. The number of aryl methyl sites for hydroxylation is 1. The lowest BCUT2D eigenvalue weighted by Crippen LogP contribution is -2.19. The molecule has 1 aliphatic rings. The van der Waals surface area contributed by atoms with Gasteiger partial charge in [-0.15, -0.1) is 0 Å². The van der Waals surface area contributed by atoms with E-state index in [-0.39, 0.29) is 11.7 Å². The van der Waals surface area contributed by atoms with Gasteiger partial charge in [-0.3, -0.25) is 4.79 Å². The fourth-order valence-electron chi connectivity index (χ4n) is 1.91. The van der Waals surface area contributed by atoms with Crippen molar-refractivity contribution in [3.8, 4) is 5.75 Å². The number of aliphatic imine (C=N–C) groups is 1. The van der Waals surface area contributed by atoms with E-state index in [4.69, 9.17) is 4.42 Å². The van der Waals surface area contributed by atoms with Crippen molar-refractivity contribution in [2.24, 2.45) is 4.99 Å². The summed E-state index contributed by atoms with van der Waals surface area (Å²) < 4.78 is 5.95. The lowest BCUT2D eigenvalue weighted by atomic mass is 10.2. The second kappa shape index (κ2) is 6.02. The maximum Gasteiger partial charge on any atom is 0.264 e. The predicted octanol–water partition coefficient (Wildman–Crippen LogP) is 3.95. The number of carbonyl (C=O) groups excluding carboxylic acids is 1. The number of nitrogens with one attached hydrogen (secondary N) is 1. The number of hydrogen-bond acceptors (Lipinski definition) is 5. The van der Waals surface area contributed by atoms with Crippen LogP contribution in [0, 0.1) is 6.92 Å². The minimum Gasteiger partial charge on any atom is -0.506 e. The van der Waals surface area contributed by atoms with Gasteiger partial charge in [0, 0.05) is 6.08 Å². The van der Waals surface area contributed by atoms with Crippen molar-refractivity contribution >= 4 is 50.5 Å². The average Bonchev–Trinajstić information content (AvgIpc) is 3.01. The zero-order chi connectivity index (χ0) is 15.7. The highest BCUT2D eigenvalue weighted by atomic mass is 79.9. The van der Waals surface area contributed by atoms with E-state index in [1.807, 2.05) is 13.0 Å². The smallest absolute Gasteiger partial charge is 0.264 e. The molecule has 2 N–H and O–H groups in total. The zero-order valence-corrected chi connectivity index (χ0v) is 13.9. The van der Waals surface area contributed by atoms with Crippen LogP contribution in [0.15, 0.2) is 49.3 Å². The first-order valence-corrected chi connectivity index (χ1v) is 7.97. The van der Waals surface area contributed by atoms with Crippen LogP contribution in [0.4, 0.5) is 5.69 Å². The third-order valence-electron chi connectivity index (χ3n) is 2.95. The summed E-state index contributed by atoms with van der Waals surface area (Å²) >= 11 is 4.41. The Hall–Kier alpha value is -1.99. The Labute approximate surface area is 139 Å². The number of benzene rings is 1. The van der Waals surface area contributed by atoms with Gasteiger partial charge >= 0.3 is 0 Å². The molecule has 1 aromatic carbocycles. The van der Waals surface area contributed by atoms with E-state index in [1.165, 1.54) is 11.8 Å². The van der Waals surface area contributed by atoms with E-state index in [2.05, 4.69) is 26.2 Å². The van der Waals surface area contributed by atoms with Gasteiger partial charge in [0.1, 0.15) is 17.2 Å². The van der Waals surface area contributed by atoms with E-state index in [9.17, 15) is 9.90 Å². The number of furan rings is 1. The van der Waals surface area contributed by atoms with Gasteiger partial charge in [-0.1, -0.05) is 12.1 Å². The molecule has 1 aromatic heterocycles. The van der Waals surface area contributed by atoms with Crippen LogP contribution >= 0.6 is 27.7 Å². The molecule has 2 heterocycles. The SMILES string of the molecule is Cc1cccc(O)c1N=C1NC(=O)/C(=C\c2ccc(Br)o2)S1. The zero-order valence-electron chi connectivity index (χ0n) is 11.5. The van der Waals surface area contributed by atoms with Crippen molar-refractivity contribution in [2.75, 3.05) is 0 Å². The number of hydrogen-bond donors (Lipinski definition) is 2. The number of nitrogens with zero attached hydrogens (tertiary/aromatic N) is 1. The van der Waals surface area contributed by atoms with Crippen molar-refractivity contribution in [3.63, 3.8) is 0 Å². The van der Waals surface area contributed by atoms with Gasteiger partial charge in [-0.2, -0.15) is 0 Å². The first-order chi connectivity index (χ1) is 10.5. The average molecular weight is 379 g/mol. The molecule has 0 aliphatic carbocycles. The predicted molar refractivity (Wildman–Crippen MR) is 90.1 cm³/mol. The van der Waals surface area contributed by atoms with Crippen LogP contribution in [0.5, 0.6) is 5.75 Å². The largest absolute Gasteiger partial charge is 0.506 e. The summed E-state index contributed by atoms with van der Waals surface area (Å²) in [4.78, 5) is 16.8. The quantitative estimate of drug-likeness (QED) is 0.775. The maximum atomic E-state index is 12.0. The molecule has 0 radical (unpaired) electrons. The highest BCUT2D eigenvalue weighted by Crippen LogP contribution is 2.34. The van der Waals surface area contributed by atoms with Gasteiger partial charge in [-0.25, -0.2) is 4.99 Å². The van der Waals surface area contributed by atoms with Gasteiger partial charge in [0.2, 0.25) is 0 Å². The van der Waals surface area contributed by atoms with Crippen molar-refractivity contribution < 1.29 is 14.3 Å². The van der Waals surface area contributed by atoms with Gasteiger partial charge in [-0.05, 0) is 58.4 Å². The van der Waals surface area contributed by atoms with Crippen LogP contribution < -0.4 is 5.32 Å². The van der Waals surface area contributed by atoms with Crippen molar-refractivity contribution in [1.82, 2.24) is 5.32 Å². The summed E-state index contributed by atoms with van der Waals surface area (Å²) in [5.41, 5.74) is 1.28. The Balaban J connectivity index is 1.88. The topological polar surface area (TPSA) is 74.8 Å². The molecule has 2 aromatic rings. The third-order valence-corrected chi connectivity index (χ3v) is 4.28. The number of para-hydroxylation sites is 1. The molecule has 112 valence electrons. The van der Waals surface area contributed by atoms with Crippen molar-refractivity contribution in [3.05, 3.63) is 51.2 Å². The molecule has 7 heteroatoms. The third kappa shape index (κ3) is 3.10. The van der Waals surface area contributed by atoms with Crippen LogP contribution in [0.25, 0.3) is 6.08 Å². The molecule has 0 saturated carbocycles. The number of amides is 1. The number of thioether (sulfide) groups is 1. The lowest BCUT2D eigenvalue weighted by Gasteiger charge is -2.03. The number of halogens is 1. The summed E-state index contributed by atoms with van der Waals surface area (Å²) in [6, 6.07) is 8.66. The number of phenols is 1.